The van der Waals surface area contributed by atoms with Gasteiger partial charge < -0.3 is 20.1 Å². The molecule has 0 aliphatic rings. The summed E-state index contributed by atoms with van der Waals surface area (Å²) >= 11 is 0. The Morgan fingerprint density at radius 1 is 0.388 bits per heavy atom. The minimum atomic E-state index is -4.40. The smallest absolute Gasteiger partial charge is 0.462 e. The van der Waals surface area contributed by atoms with Crippen LogP contribution in [-0.4, -0.2) is 49.3 Å². The number of carbonyl (C=O) groups excluding carboxylic acids is 2. The van der Waals surface area contributed by atoms with E-state index in [-0.39, 0.29) is 38.6 Å². The molecule has 9 nitrogen and oxygen atoms in total. The van der Waals surface area contributed by atoms with E-state index in [4.69, 9.17) is 24.3 Å². The molecule has 0 saturated carbocycles. The lowest BCUT2D eigenvalue weighted by Crippen LogP contribution is -2.29. The molecule has 0 saturated heterocycles. The van der Waals surface area contributed by atoms with Crippen LogP contribution in [0, 0.1) is 0 Å². The normalized spacial score (nSPS) is 13.8. The predicted molar refractivity (Wildman–Crippen MR) is 344 cm³/mol. The van der Waals surface area contributed by atoms with Gasteiger partial charge in [-0.25, -0.2) is 4.57 Å². The molecule has 3 N–H and O–H groups in total. The standard InChI is InChI=1S/C70H120NO8P/c1-3-5-7-9-11-13-15-17-19-21-23-24-25-26-27-28-29-30-31-32-33-34-35-36-37-38-39-40-41-42-43-44-45-47-49-51-53-55-57-59-61-63-70(73)79-68(67-78-80(74,75)77-65-64-71)66-76-69(72)62-60-58-56-54-52-50-48-46-22-20-18-16-14-12-10-8-6-4-2/h5,7,11,13,17,19-20,22-24,26-27,29-30,32-33,35-36,38-39,68H,3-4,6,8-10,12,14-16,18,21,25,28,31,34,37,40-67,71H2,1-2H3,(H,74,75)/b7-5-,13-11-,19-17-,22-20-,24-23-,27-26-,30-29-,33-32-,36-35-,39-38-. The van der Waals surface area contributed by atoms with Crippen molar-refractivity contribution in [3.05, 3.63) is 122 Å². The van der Waals surface area contributed by atoms with Crippen LogP contribution in [0.5, 0.6) is 0 Å². The van der Waals surface area contributed by atoms with Crippen LogP contribution >= 0.6 is 7.82 Å². The van der Waals surface area contributed by atoms with Crippen molar-refractivity contribution in [3.8, 4) is 0 Å². The van der Waals surface area contributed by atoms with Gasteiger partial charge in [0.25, 0.3) is 0 Å². The third-order valence-corrected chi connectivity index (χ3v) is 14.6. The van der Waals surface area contributed by atoms with Crippen molar-refractivity contribution in [1.82, 2.24) is 0 Å². The molecule has 0 aliphatic carbocycles. The summed E-state index contributed by atoms with van der Waals surface area (Å²) in [6.07, 6.45) is 89.9. The number of nitrogens with two attached hydrogens (primary N) is 1. The lowest BCUT2D eigenvalue weighted by molar-refractivity contribution is -0.161. The third kappa shape index (κ3) is 63.6. The maximum absolute atomic E-state index is 12.7. The largest absolute Gasteiger partial charge is 0.472 e. The van der Waals surface area contributed by atoms with Gasteiger partial charge in [0.15, 0.2) is 6.10 Å². The van der Waals surface area contributed by atoms with Crippen LogP contribution in [0.4, 0.5) is 0 Å². The average Bonchev–Trinajstić information content (AvgIpc) is 3.45. The molecule has 0 radical (unpaired) electrons. The average molecular weight is 1130 g/mol. The van der Waals surface area contributed by atoms with Crippen molar-refractivity contribution in [1.29, 1.82) is 0 Å². The molecule has 2 unspecified atom stereocenters. The molecule has 0 aromatic rings. The molecule has 0 rings (SSSR count). The van der Waals surface area contributed by atoms with Gasteiger partial charge in [0.2, 0.25) is 0 Å². The monoisotopic (exact) mass is 1130 g/mol. The minimum Gasteiger partial charge on any atom is -0.462 e. The molecule has 0 fully saturated rings. The Balaban J connectivity index is 3.91. The first-order valence-corrected chi connectivity index (χ1v) is 34.0. The van der Waals surface area contributed by atoms with Gasteiger partial charge in [0.1, 0.15) is 6.61 Å². The number of unbranched alkanes of at least 4 members (excludes halogenated alkanes) is 27. The fraction of sp³-hybridized carbons (Fsp3) is 0.686. The number of ether oxygens (including phenoxy) is 2. The molecular formula is C70H120NO8P. The van der Waals surface area contributed by atoms with Crippen molar-refractivity contribution >= 4 is 19.8 Å². The summed E-state index contributed by atoms with van der Waals surface area (Å²) in [6.45, 7) is 3.63. The molecule has 80 heavy (non-hydrogen) atoms. The highest BCUT2D eigenvalue weighted by Crippen LogP contribution is 2.43. The van der Waals surface area contributed by atoms with Gasteiger partial charge in [0, 0.05) is 19.4 Å². The molecule has 0 bridgehead atoms. The second-order valence-corrected chi connectivity index (χ2v) is 22.7. The summed E-state index contributed by atoms with van der Waals surface area (Å²) in [4.78, 5) is 35.2. The molecule has 458 valence electrons. The van der Waals surface area contributed by atoms with E-state index in [2.05, 4.69) is 135 Å². The quantitative estimate of drug-likeness (QED) is 0.0264. The number of phosphoric acid groups is 1. The highest BCUT2D eigenvalue weighted by Gasteiger charge is 2.26. The van der Waals surface area contributed by atoms with Gasteiger partial charge in [-0.2, -0.15) is 0 Å². The SMILES string of the molecule is CC/C=C\C/C=C\C/C=C\C/C=C\C/C=C\C/C=C\C/C=C\C/C=C\C/C=C\CCCCCCCCCCCCCCCC(=O)OC(COC(=O)CCCCCCCCC/C=C\CCCCCCCCC)COP(=O)(O)OCCN. The number of hydrogen-bond donors (Lipinski definition) is 2. The summed E-state index contributed by atoms with van der Waals surface area (Å²) in [5.74, 6) is -0.832. The number of carbonyl (C=O) groups is 2. The zero-order valence-corrected chi connectivity index (χ0v) is 52.2. The molecular weight excluding hydrogens is 1010 g/mol. The van der Waals surface area contributed by atoms with E-state index in [1.807, 2.05) is 0 Å². The van der Waals surface area contributed by atoms with Gasteiger partial charge in [-0.3, -0.25) is 18.6 Å². The van der Waals surface area contributed by atoms with E-state index in [1.54, 1.807) is 0 Å². The van der Waals surface area contributed by atoms with E-state index in [1.165, 1.54) is 135 Å². The Kier molecular flexibility index (Phi) is 61.7. The summed E-state index contributed by atoms with van der Waals surface area (Å²) < 4.78 is 33.1. The molecule has 2 atom stereocenters. The Morgan fingerprint density at radius 3 is 1.04 bits per heavy atom. The lowest BCUT2D eigenvalue weighted by atomic mass is 10.0. The topological polar surface area (TPSA) is 134 Å². The highest BCUT2D eigenvalue weighted by molar-refractivity contribution is 7.47. The van der Waals surface area contributed by atoms with E-state index in [0.717, 1.165) is 109 Å². The number of rotatable bonds is 60. The maximum Gasteiger partial charge on any atom is 0.472 e. The Morgan fingerprint density at radius 2 is 0.688 bits per heavy atom. The van der Waals surface area contributed by atoms with Gasteiger partial charge in [-0.15, -0.1) is 0 Å². The van der Waals surface area contributed by atoms with Crippen LogP contribution in [0.3, 0.4) is 0 Å². The predicted octanol–water partition coefficient (Wildman–Crippen LogP) is 21.1. The lowest BCUT2D eigenvalue weighted by Gasteiger charge is -2.19. The zero-order chi connectivity index (χ0) is 58.0. The first-order chi connectivity index (χ1) is 39.3. The summed E-state index contributed by atoms with van der Waals surface area (Å²) in [5.41, 5.74) is 5.39. The van der Waals surface area contributed by atoms with Crippen LogP contribution < -0.4 is 5.73 Å². The van der Waals surface area contributed by atoms with Crippen LogP contribution in [0.1, 0.15) is 277 Å². The number of hydrogen-bond acceptors (Lipinski definition) is 8. The molecule has 0 amide bonds. The first kappa shape index (κ1) is 76.4. The van der Waals surface area contributed by atoms with Crippen molar-refractivity contribution in [3.63, 3.8) is 0 Å². The molecule has 0 aromatic heterocycles. The molecule has 0 heterocycles. The van der Waals surface area contributed by atoms with E-state index in [9.17, 15) is 19.0 Å². The van der Waals surface area contributed by atoms with E-state index < -0.39 is 26.5 Å². The summed E-state index contributed by atoms with van der Waals surface area (Å²) in [5, 5.41) is 0. The molecule has 10 heteroatoms. The minimum absolute atomic E-state index is 0.0490. The third-order valence-electron chi connectivity index (χ3n) is 13.6. The summed E-state index contributed by atoms with van der Waals surface area (Å²) in [7, 11) is -4.40. The van der Waals surface area contributed by atoms with Crippen LogP contribution in [-0.2, 0) is 32.7 Å². The Bertz CT molecular complexity index is 1720. The molecule has 0 aromatic carbocycles. The van der Waals surface area contributed by atoms with Crippen molar-refractivity contribution in [2.75, 3.05) is 26.4 Å². The fourth-order valence-corrected chi connectivity index (χ4v) is 9.57. The van der Waals surface area contributed by atoms with Gasteiger partial charge in [-0.05, 0) is 109 Å². The number of allylic oxidation sites excluding steroid dienone is 20. The van der Waals surface area contributed by atoms with Gasteiger partial charge in [-0.1, -0.05) is 277 Å². The van der Waals surface area contributed by atoms with Crippen LogP contribution in [0.15, 0.2) is 122 Å². The second kappa shape index (κ2) is 64.6. The van der Waals surface area contributed by atoms with Crippen LogP contribution in [0.2, 0.25) is 0 Å². The van der Waals surface area contributed by atoms with Gasteiger partial charge in [0.05, 0.1) is 13.2 Å². The number of phosphoric ester groups is 1. The second-order valence-electron chi connectivity index (χ2n) is 21.2. The fourth-order valence-electron chi connectivity index (χ4n) is 8.80. The van der Waals surface area contributed by atoms with Crippen molar-refractivity contribution < 1.29 is 37.6 Å². The van der Waals surface area contributed by atoms with E-state index in [0.29, 0.717) is 6.42 Å². The van der Waals surface area contributed by atoms with Gasteiger partial charge >= 0.3 is 19.8 Å². The highest BCUT2D eigenvalue weighted by atomic mass is 31.2. The van der Waals surface area contributed by atoms with Crippen LogP contribution in [0.25, 0.3) is 0 Å². The van der Waals surface area contributed by atoms with Crippen molar-refractivity contribution in [2.45, 2.75) is 283 Å². The van der Waals surface area contributed by atoms with E-state index >= 15 is 0 Å². The Labute approximate surface area is 491 Å². The maximum atomic E-state index is 12.7. The molecule has 0 spiro atoms. The first-order valence-electron chi connectivity index (χ1n) is 32.5. The molecule has 0 aliphatic heterocycles. The summed E-state index contributed by atoms with van der Waals surface area (Å²) in [6, 6.07) is 0. The zero-order valence-electron chi connectivity index (χ0n) is 51.3. The number of esters is 2. The Hall–Kier alpha value is -3.59. The van der Waals surface area contributed by atoms with Crippen molar-refractivity contribution in [2.24, 2.45) is 5.73 Å².